The van der Waals surface area contributed by atoms with Crippen LogP contribution >= 0.6 is 17.0 Å². The molecule has 0 saturated heterocycles. The second kappa shape index (κ2) is 16.6. The zero-order valence-corrected chi connectivity index (χ0v) is 32.3. The van der Waals surface area contributed by atoms with Crippen molar-refractivity contribution in [1.29, 1.82) is 0 Å². The first-order valence-electron chi connectivity index (χ1n) is 16.0. The van der Waals surface area contributed by atoms with E-state index in [4.69, 9.17) is 17.0 Å². The summed E-state index contributed by atoms with van der Waals surface area (Å²) in [5.74, 6) is 6.01. The topological polar surface area (TPSA) is 0 Å². The Balaban J connectivity index is 0.000000846. The summed E-state index contributed by atoms with van der Waals surface area (Å²) in [5, 5.41) is 3.05. The third-order valence-electron chi connectivity index (χ3n) is 12.1. The molecule has 0 radical (unpaired) electrons. The summed E-state index contributed by atoms with van der Waals surface area (Å²) in [4.78, 5) is 0. The third kappa shape index (κ3) is 7.45. The standard InChI is InChI=1S/C33H50Si2.2CH3.2ClH.Zr/c1-4-5-10-23-17-18-26(21-23)34(2)35(3)32-20-19-30-31(32)22-25-13-9-15-28(25)33(30)29-16-8-12-24-11-6-7-14-27(24)29;;;;;/h6-8,11-12,14,16,23,25-26,28,30-35H,4-5,9-10,13,15,17-22H2,1-3H3;2*1H3;2*1H;/q;2*-1;;;+4/p-2. The summed E-state index contributed by atoms with van der Waals surface area (Å²) >= 11 is -0.826. The molecule has 4 fully saturated rings. The molecule has 0 bridgehead atoms. The van der Waals surface area contributed by atoms with E-state index >= 15 is 0 Å². The Bertz CT molecular complexity index is 1030. The molecule has 40 heavy (non-hydrogen) atoms. The summed E-state index contributed by atoms with van der Waals surface area (Å²) in [5.41, 5.74) is 4.12. The van der Waals surface area contributed by atoms with Gasteiger partial charge in [0.25, 0.3) is 0 Å². The first-order chi connectivity index (χ1) is 18.6. The van der Waals surface area contributed by atoms with Crippen LogP contribution in [0, 0.1) is 44.4 Å². The molecule has 0 spiro atoms. The molecule has 0 aliphatic heterocycles. The molecule has 2 aromatic carbocycles. The van der Waals surface area contributed by atoms with Gasteiger partial charge in [-0.2, -0.15) is 0 Å². The van der Waals surface area contributed by atoms with E-state index in [0.29, 0.717) is 0 Å². The zero-order chi connectivity index (χ0) is 26.6. The molecule has 0 heterocycles. The molecule has 10 unspecified atom stereocenters. The van der Waals surface area contributed by atoms with Crippen LogP contribution in [0.4, 0.5) is 0 Å². The second-order valence-corrected chi connectivity index (χ2v) is 28.9. The van der Waals surface area contributed by atoms with E-state index in [0.717, 1.165) is 35.5 Å². The van der Waals surface area contributed by atoms with Crippen molar-refractivity contribution in [1.82, 2.24) is 0 Å². The minimum absolute atomic E-state index is 0. The molecular weight excluding hydrogens is 639 g/mol. The van der Waals surface area contributed by atoms with Crippen molar-refractivity contribution >= 4 is 44.4 Å². The Labute approximate surface area is 269 Å². The minimum atomic E-state index is -0.826. The van der Waals surface area contributed by atoms with Crippen LogP contribution in [0.3, 0.4) is 0 Å². The first kappa shape index (κ1) is 35.1. The maximum absolute atomic E-state index is 4.93. The molecule has 4 aliphatic carbocycles. The van der Waals surface area contributed by atoms with E-state index in [1.807, 2.05) is 0 Å². The number of unbranched alkanes of at least 4 members (excludes halogenated alkanes) is 1. The van der Waals surface area contributed by atoms with Crippen molar-refractivity contribution in [2.45, 2.75) is 114 Å². The average Bonchev–Trinajstić information content (AvgIpc) is 3.70. The fraction of sp³-hybridized carbons (Fsp3) is 0.657. The van der Waals surface area contributed by atoms with Crippen molar-refractivity contribution in [3.63, 3.8) is 0 Å². The van der Waals surface area contributed by atoms with Crippen molar-refractivity contribution in [3.05, 3.63) is 62.9 Å². The Morgan fingerprint density at radius 1 is 0.800 bits per heavy atom. The Hall–Kier alpha value is 0.597. The Morgan fingerprint density at radius 3 is 2.33 bits per heavy atom. The van der Waals surface area contributed by atoms with E-state index in [1.165, 1.54) is 55.0 Å². The normalized spacial score (nSPS) is 33.8. The van der Waals surface area contributed by atoms with Crippen LogP contribution < -0.4 is 0 Å². The molecule has 0 N–H and O–H groups in total. The molecule has 0 amide bonds. The monoisotopic (exact) mass is 692 g/mol. The molecule has 4 aliphatic rings. The summed E-state index contributed by atoms with van der Waals surface area (Å²) < 4.78 is 0. The second-order valence-electron chi connectivity index (χ2n) is 13.6. The van der Waals surface area contributed by atoms with Gasteiger partial charge in [0.2, 0.25) is 0 Å². The van der Waals surface area contributed by atoms with Gasteiger partial charge in [-0.05, 0) is 76.6 Å². The van der Waals surface area contributed by atoms with Gasteiger partial charge in [0.05, 0.1) is 0 Å². The van der Waals surface area contributed by atoms with Crippen LogP contribution in [0.5, 0.6) is 0 Å². The van der Waals surface area contributed by atoms with Crippen LogP contribution in [0.2, 0.25) is 24.2 Å². The SMILES string of the molecule is CCCCC1CCC([SiH](C)[SiH](C)C2CCC3C2CC2CCCC2C3c2cccc3ccccc23)C1.[CH3-].[CH3-].[Cl][Zr+2][Cl]. The van der Waals surface area contributed by atoms with Gasteiger partial charge in [-0.3, -0.25) is 0 Å². The van der Waals surface area contributed by atoms with Crippen LogP contribution in [0.1, 0.15) is 95.5 Å². The van der Waals surface area contributed by atoms with Gasteiger partial charge in [0.1, 0.15) is 0 Å². The number of benzene rings is 2. The predicted octanol–water partition coefficient (Wildman–Crippen LogP) is 11.6. The van der Waals surface area contributed by atoms with Gasteiger partial charge in [-0.15, -0.1) is 0 Å². The van der Waals surface area contributed by atoms with Gasteiger partial charge in [0, 0.05) is 16.6 Å². The van der Waals surface area contributed by atoms with Gasteiger partial charge in [-0.1, -0.05) is 126 Å². The molecular formula is C35H56Cl2Si2Zr. The van der Waals surface area contributed by atoms with E-state index in [2.05, 4.69) is 62.5 Å². The number of halogens is 2. The first-order valence-corrected chi connectivity index (χ1v) is 28.6. The van der Waals surface area contributed by atoms with Crippen molar-refractivity contribution < 1.29 is 20.8 Å². The van der Waals surface area contributed by atoms with Crippen LogP contribution in [0.25, 0.3) is 10.8 Å². The predicted molar refractivity (Wildman–Crippen MR) is 183 cm³/mol. The van der Waals surface area contributed by atoms with E-state index in [9.17, 15) is 0 Å². The third-order valence-corrected chi connectivity index (χ3v) is 26.1. The number of rotatable bonds is 7. The van der Waals surface area contributed by atoms with Crippen LogP contribution in [-0.2, 0) is 20.8 Å². The fourth-order valence-electron chi connectivity index (χ4n) is 10.2. The number of fused-ring (bicyclic) bond motifs is 3. The molecule has 5 heteroatoms. The van der Waals surface area contributed by atoms with E-state index in [1.54, 1.807) is 49.5 Å². The molecule has 0 nitrogen and oxygen atoms in total. The molecule has 2 aromatic rings. The molecule has 222 valence electrons. The number of hydrogen-bond donors (Lipinski definition) is 0. The van der Waals surface area contributed by atoms with Crippen LogP contribution in [-0.4, -0.2) is 16.6 Å². The molecule has 6 rings (SSSR count). The average molecular weight is 695 g/mol. The summed E-state index contributed by atoms with van der Waals surface area (Å²) in [6, 6.07) is 16.6. The van der Waals surface area contributed by atoms with Crippen LogP contribution in [0.15, 0.2) is 42.5 Å². The zero-order valence-electron chi connectivity index (χ0n) is 26.1. The Kier molecular flexibility index (Phi) is 14.6. The quantitative estimate of drug-likeness (QED) is 0.200. The number of hydrogen-bond acceptors (Lipinski definition) is 0. The fourth-order valence-corrected chi connectivity index (χ4v) is 22.8. The van der Waals surface area contributed by atoms with E-state index < -0.39 is 37.5 Å². The van der Waals surface area contributed by atoms with E-state index in [-0.39, 0.29) is 14.9 Å². The Morgan fingerprint density at radius 2 is 1.55 bits per heavy atom. The van der Waals surface area contributed by atoms with Crippen molar-refractivity contribution in [2.24, 2.45) is 29.6 Å². The molecule has 4 saturated carbocycles. The van der Waals surface area contributed by atoms with Gasteiger partial charge >= 0.3 is 37.9 Å². The maximum atomic E-state index is 4.93. The van der Waals surface area contributed by atoms with Crippen molar-refractivity contribution in [3.8, 4) is 0 Å². The summed E-state index contributed by atoms with van der Waals surface area (Å²) in [6.45, 7) is 8.12. The van der Waals surface area contributed by atoms with Gasteiger partial charge in [-0.25, -0.2) is 0 Å². The molecule has 0 aromatic heterocycles. The summed E-state index contributed by atoms with van der Waals surface area (Å²) in [7, 11) is 8.68. The van der Waals surface area contributed by atoms with Gasteiger partial charge in [0.15, 0.2) is 0 Å². The molecule has 10 atom stereocenters. The van der Waals surface area contributed by atoms with Gasteiger partial charge < -0.3 is 14.9 Å². The summed E-state index contributed by atoms with van der Waals surface area (Å²) in [6.07, 6.45) is 18.5. The van der Waals surface area contributed by atoms with Crippen molar-refractivity contribution in [2.75, 3.05) is 0 Å².